The summed E-state index contributed by atoms with van der Waals surface area (Å²) in [7, 11) is 0. The summed E-state index contributed by atoms with van der Waals surface area (Å²) in [5.41, 5.74) is 2.58. The van der Waals surface area contributed by atoms with Crippen molar-refractivity contribution in [2.45, 2.75) is 33.6 Å². The van der Waals surface area contributed by atoms with Crippen LogP contribution >= 0.6 is 0 Å². The molecule has 1 aliphatic rings. The number of phenolic OH excluding ortho intramolecular Hbond substituents is 2. The summed E-state index contributed by atoms with van der Waals surface area (Å²) < 4.78 is 5.30. The molecule has 20 heavy (non-hydrogen) atoms. The van der Waals surface area contributed by atoms with Crippen molar-refractivity contribution in [2.75, 3.05) is 0 Å². The predicted molar refractivity (Wildman–Crippen MR) is 75.8 cm³/mol. The van der Waals surface area contributed by atoms with E-state index < -0.39 is 5.97 Å². The standard InChI is InChI=1S/C16H16O4/c1-6(2)10-9-5-7(3)8(4)15-11(9)12(16(19)20-15)14(18)13(10)17/h5-6,17-18H,1-4H3. The minimum atomic E-state index is -0.609. The highest BCUT2D eigenvalue weighted by Gasteiger charge is 2.34. The van der Waals surface area contributed by atoms with Crippen molar-refractivity contribution in [1.82, 2.24) is 0 Å². The van der Waals surface area contributed by atoms with Crippen molar-refractivity contribution >= 4 is 16.7 Å². The molecule has 104 valence electrons. The number of rotatable bonds is 1. The van der Waals surface area contributed by atoms with Crippen LogP contribution in [0.5, 0.6) is 17.2 Å². The van der Waals surface area contributed by atoms with Crippen LogP contribution in [0.2, 0.25) is 0 Å². The van der Waals surface area contributed by atoms with Gasteiger partial charge in [-0.25, -0.2) is 4.79 Å². The quantitative estimate of drug-likeness (QED) is 0.473. The maximum Gasteiger partial charge on any atom is 0.348 e. The molecule has 2 aromatic rings. The minimum Gasteiger partial charge on any atom is -0.504 e. The van der Waals surface area contributed by atoms with E-state index in [1.54, 1.807) is 0 Å². The lowest BCUT2D eigenvalue weighted by atomic mass is 9.89. The van der Waals surface area contributed by atoms with Crippen LogP contribution in [0.25, 0.3) is 10.8 Å². The third-order valence-corrected chi connectivity index (χ3v) is 4.02. The van der Waals surface area contributed by atoms with Crippen molar-refractivity contribution in [3.63, 3.8) is 0 Å². The third kappa shape index (κ3) is 1.39. The fourth-order valence-corrected chi connectivity index (χ4v) is 2.89. The Morgan fingerprint density at radius 1 is 1.15 bits per heavy atom. The van der Waals surface area contributed by atoms with Crippen LogP contribution in [0.3, 0.4) is 0 Å². The van der Waals surface area contributed by atoms with Gasteiger partial charge in [0, 0.05) is 10.9 Å². The van der Waals surface area contributed by atoms with Gasteiger partial charge in [-0.2, -0.15) is 0 Å². The number of benzene rings is 2. The van der Waals surface area contributed by atoms with Gasteiger partial charge in [-0.1, -0.05) is 19.9 Å². The van der Waals surface area contributed by atoms with Gasteiger partial charge < -0.3 is 14.9 Å². The van der Waals surface area contributed by atoms with E-state index in [4.69, 9.17) is 4.74 Å². The predicted octanol–water partition coefficient (Wildman–Crippen LogP) is 3.52. The van der Waals surface area contributed by atoms with Gasteiger partial charge >= 0.3 is 5.97 Å². The van der Waals surface area contributed by atoms with Crippen LogP contribution in [0, 0.1) is 13.8 Å². The third-order valence-electron chi connectivity index (χ3n) is 4.02. The smallest absolute Gasteiger partial charge is 0.348 e. The summed E-state index contributed by atoms with van der Waals surface area (Å²) >= 11 is 0. The average Bonchev–Trinajstić information content (AvgIpc) is 2.71. The van der Waals surface area contributed by atoms with Crippen LogP contribution < -0.4 is 4.74 Å². The maximum atomic E-state index is 12.0. The molecule has 0 unspecified atom stereocenters. The zero-order valence-electron chi connectivity index (χ0n) is 11.9. The van der Waals surface area contributed by atoms with Crippen molar-refractivity contribution in [3.05, 3.63) is 28.3 Å². The second-order valence-electron chi connectivity index (χ2n) is 5.60. The average molecular weight is 272 g/mol. The number of aromatic hydroxyl groups is 2. The fourth-order valence-electron chi connectivity index (χ4n) is 2.89. The summed E-state index contributed by atoms with van der Waals surface area (Å²) in [5.74, 6) is -0.705. The molecule has 0 saturated heterocycles. The Balaban J connectivity index is 2.62. The lowest BCUT2D eigenvalue weighted by Crippen LogP contribution is -2.02. The maximum absolute atomic E-state index is 12.0. The summed E-state index contributed by atoms with van der Waals surface area (Å²) in [5, 5.41) is 21.7. The van der Waals surface area contributed by atoms with E-state index in [0.29, 0.717) is 16.7 Å². The van der Waals surface area contributed by atoms with Gasteiger partial charge in [-0.3, -0.25) is 0 Å². The van der Waals surface area contributed by atoms with Gasteiger partial charge in [0.25, 0.3) is 0 Å². The van der Waals surface area contributed by atoms with Crippen LogP contribution in [0.1, 0.15) is 46.8 Å². The van der Waals surface area contributed by atoms with E-state index in [1.165, 1.54) is 0 Å². The summed E-state index contributed by atoms with van der Waals surface area (Å²) in [6.07, 6.45) is 0. The lowest BCUT2D eigenvalue weighted by molar-refractivity contribution is 0.0750. The number of carbonyl (C=O) groups excluding carboxylic acids is 1. The molecule has 3 rings (SSSR count). The molecule has 2 N–H and O–H groups in total. The molecule has 0 saturated carbocycles. The van der Waals surface area contributed by atoms with E-state index in [9.17, 15) is 15.0 Å². The van der Waals surface area contributed by atoms with Crippen molar-refractivity contribution in [3.8, 4) is 17.2 Å². The van der Waals surface area contributed by atoms with Gasteiger partial charge in [0.15, 0.2) is 11.5 Å². The molecule has 4 nitrogen and oxygen atoms in total. The van der Waals surface area contributed by atoms with Crippen LogP contribution in [-0.2, 0) is 0 Å². The highest BCUT2D eigenvalue weighted by molar-refractivity contribution is 6.17. The van der Waals surface area contributed by atoms with Gasteiger partial charge in [-0.15, -0.1) is 0 Å². The SMILES string of the molecule is Cc1cc2c(C(C)C)c(O)c(O)c3c2c(c1C)OC3=O. The van der Waals surface area contributed by atoms with Gasteiger partial charge in [0.2, 0.25) is 0 Å². The van der Waals surface area contributed by atoms with E-state index in [-0.39, 0.29) is 23.0 Å². The molecule has 0 fully saturated rings. The fraction of sp³-hybridized carbons (Fsp3) is 0.312. The number of aryl methyl sites for hydroxylation is 1. The van der Waals surface area contributed by atoms with E-state index >= 15 is 0 Å². The molecule has 1 heterocycles. The molecule has 0 aliphatic carbocycles. The number of carbonyl (C=O) groups is 1. The zero-order valence-corrected chi connectivity index (χ0v) is 11.9. The first-order valence-electron chi connectivity index (χ1n) is 6.58. The number of esters is 1. The van der Waals surface area contributed by atoms with Gasteiger partial charge in [-0.05, 0) is 36.3 Å². The Bertz CT molecular complexity index is 772. The molecule has 0 spiro atoms. The molecule has 1 aliphatic heterocycles. The number of ether oxygens (including phenoxy) is 1. The Hall–Kier alpha value is -2.23. The normalized spacial score (nSPS) is 13.3. The molecular formula is C16H16O4. The topological polar surface area (TPSA) is 66.8 Å². The van der Waals surface area contributed by atoms with Crippen molar-refractivity contribution < 1.29 is 19.7 Å². The minimum absolute atomic E-state index is 0.0145. The molecule has 4 heteroatoms. The Labute approximate surface area is 116 Å². The largest absolute Gasteiger partial charge is 0.504 e. The highest BCUT2D eigenvalue weighted by atomic mass is 16.5. The van der Waals surface area contributed by atoms with E-state index in [2.05, 4.69) is 0 Å². The number of phenols is 2. The van der Waals surface area contributed by atoms with Crippen molar-refractivity contribution in [2.24, 2.45) is 0 Å². The molecule has 0 aromatic heterocycles. The molecular weight excluding hydrogens is 256 g/mol. The van der Waals surface area contributed by atoms with Crippen LogP contribution in [-0.4, -0.2) is 16.2 Å². The second kappa shape index (κ2) is 3.88. The Morgan fingerprint density at radius 3 is 2.40 bits per heavy atom. The molecule has 0 atom stereocenters. The second-order valence-corrected chi connectivity index (χ2v) is 5.60. The first kappa shape index (κ1) is 12.8. The Morgan fingerprint density at radius 2 is 1.80 bits per heavy atom. The number of hydrogen-bond donors (Lipinski definition) is 2. The molecule has 2 aromatic carbocycles. The molecule has 0 radical (unpaired) electrons. The molecule has 0 amide bonds. The van der Waals surface area contributed by atoms with E-state index in [1.807, 2.05) is 33.8 Å². The highest BCUT2D eigenvalue weighted by Crippen LogP contribution is 2.50. The Kier molecular flexibility index (Phi) is 2.48. The first-order chi connectivity index (χ1) is 9.34. The lowest BCUT2D eigenvalue weighted by Gasteiger charge is -2.16. The van der Waals surface area contributed by atoms with Gasteiger partial charge in [0.05, 0.1) is 0 Å². The van der Waals surface area contributed by atoms with Crippen LogP contribution in [0.15, 0.2) is 6.07 Å². The van der Waals surface area contributed by atoms with Gasteiger partial charge in [0.1, 0.15) is 11.3 Å². The number of hydrogen-bond acceptors (Lipinski definition) is 4. The first-order valence-corrected chi connectivity index (χ1v) is 6.58. The molecule has 0 bridgehead atoms. The summed E-state index contributed by atoms with van der Waals surface area (Å²) in [6, 6.07) is 1.94. The van der Waals surface area contributed by atoms with Crippen LogP contribution in [0.4, 0.5) is 0 Å². The van der Waals surface area contributed by atoms with Crippen molar-refractivity contribution in [1.29, 1.82) is 0 Å². The van der Waals surface area contributed by atoms with E-state index in [0.717, 1.165) is 16.5 Å². The summed E-state index contributed by atoms with van der Waals surface area (Å²) in [6.45, 7) is 7.68. The monoisotopic (exact) mass is 272 g/mol. The summed E-state index contributed by atoms with van der Waals surface area (Å²) in [4.78, 5) is 12.0. The zero-order chi connectivity index (χ0) is 14.8.